The zero-order chi connectivity index (χ0) is 28.0. The van der Waals surface area contributed by atoms with Gasteiger partial charge >= 0.3 is 6.03 Å². The van der Waals surface area contributed by atoms with Crippen LogP contribution < -0.4 is 0 Å². The molecule has 2 saturated heterocycles. The van der Waals surface area contributed by atoms with E-state index in [4.69, 9.17) is 0 Å². The standard InChI is InChI=1S/C31H35N7O2S/c39-30-27(16-14-23-10-3-1-4-11-23)38(31(40)37(30)21-9-20-36-18-7-2-8-19-36)22-24-15-17-28(41-24)25-12-5-6-13-26(25)29-32-34-35-33-29/h1,3-6,10-13,15,17,27H,2,7-9,14,16,18-22H2,(H,32,33,34,35)/t27-/m0/s1. The molecule has 4 aromatic rings. The van der Waals surface area contributed by atoms with Gasteiger partial charge in [-0.05, 0) is 74.6 Å². The number of nitrogens with one attached hydrogen (secondary N) is 1. The van der Waals surface area contributed by atoms with Crippen molar-refractivity contribution in [3.8, 4) is 21.8 Å². The molecule has 0 radical (unpaired) electrons. The average Bonchev–Trinajstić information content (AvgIpc) is 3.76. The number of nitrogens with zero attached hydrogens (tertiary/aromatic N) is 6. The minimum atomic E-state index is -0.463. The van der Waals surface area contributed by atoms with Crippen molar-refractivity contribution in [2.75, 3.05) is 26.2 Å². The number of carbonyl (C=O) groups excluding carboxylic acids is 2. The van der Waals surface area contributed by atoms with Crippen molar-refractivity contribution in [2.45, 2.75) is 51.1 Å². The Morgan fingerprint density at radius 1 is 0.878 bits per heavy atom. The highest BCUT2D eigenvalue weighted by atomic mass is 32.1. The largest absolute Gasteiger partial charge is 0.327 e. The molecular formula is C31H35N7O2S. The lowest BCUT2D eigenvalue weighted by molar-refractivity contribution is -0.128. The Morgan fingerprint density at radius 2 is 1.66 bits per heavy atom. The summed E-state index contributed by atoms with van der Waals surface area (Å²) >= 11 is 1.63. The van der Waals surface area contributed by atoms with Gasteiger partial charge in [0.05, 0.1) is 6.54 Å². The number of rotatable bonds is 11. The van der Waals surface area contributed by atoms with Crippen LogP contribution in [0.15, 0.2) is 66.7 Å². The Bertz CT molecular complexity index is 1450. The molecular weight excluding hydrogens is 534 g/mol. The zero-order valence-electron chi connectivity index (χ0n) is 23.1. The minimum absolute atomic E-state index is 0.0659. The van der Waals surface area contributed by atoms with Crippen LogP contribution in [-0.2, 0) is 17.8 Å². The van der Waals surface area contributed by atoms with E-state index in [1.807, 2.05) is 42.5 Å². The molecule has 4 heterocycles. The summed E-state index contributed by atoms with van der Waals surface area (Å²) < 4.78 is 0. The summed E-state index contributed by atoms with van der Waals surface area (Å²) in [6.45, 7) is 4.04. The molecule has 1 N–H and O–H groups in total. The first-order valence-electron chi connectivity index (χ1n) is 14.5. The van der Waals surface area contributed by atoms with Gasteiger partial charge in [0, 0.05) is 27.4 Å². The first-order valence-corrected chi connectivity index (χ1v) is 15.3. The molecule has 0 unspecified atom stereocenters. The highest BCUT2D eigenvalue weighted by molar-refractivity contribution is 7.15. The molecule has 212 valence electrons. The number of carbonyl (C=O) groups is 2. The number of piperidine rings is 1. The monoisotopic (exact) mass is 569 g/mol. The number of amides is 3. The molecule has 6 rings (SSSR count). The number of aryl methyl sites for hydroxylation is 1. The number of aromatic nitrogens is 4. The smallest absolute Gasteiger partial charge is 0.307 e. The summed E-state index contributed by atoms with van der Waals surface area (Å²) in [6, 6.07) is 21.6. The van der Waals surface area contributed by atoms with Crippen LogP contribution in [-0.4, -0.2) is 79.5 Å². The van der Waals surface area contributed by atoms with Gasteiger partial charge in [-0.1, -0.05) is 61.0 Å². The Morgan fingerprint density at radius 3 is 2.44 bits per heavy atom. The number of tetrazole rings is 1. The number of aromatic amines is 1. The number of benzene rings is 2. The fourth-order valence-electron chi connectivity index (χ4n) is 5.89. The van der Waals surface area contributed by atoms with Gasteiger partial charge in [0.15, 0.2) is 0 Å². The topological polar surface area (TPSA) is 98.3 Å². The van der Waals surface area contributed by atoms with Gasteiger partial charge in [0.25, 0.3) is 5.91 Å². The van der Waals surface area contributed by atoms with Crippen molar-refractivity contribution in [1.82, 2.24) is 35.3 Å². The van der Waals surface area contributed by atoms with E-state index in [2.05, 4.69) is 49.8 Å². The highest BCUT2D eigenvalue weighted by Crippen LogP contribution is 2.36. The molecule has 2 aliphatic heterocycles. The van der Waals surface area contributed by atoms with Gasteiger partial charge in [-0.3, -0.25) is 9.69 Å². The maximum atomic E-state index is 13.7. The number of H-pyrrole nitrogens is 1. The summed E-state index contributed by atoms with van der Waals surface area (Å²) in [5, 5.41) is 14.5. The van der Waals surface area contributed by atoms with Crippen LogP contribution in [0.4, 0.5) is 4.79 Å². The Kier molecular flexibility index (Phi) is 8.48. The molecule has 2 aromatic carbocycles. The third kappa shape index (κ3) is 6.23. The summed E-state index contributed by atoms with van der Waals surface area (Å²) in [4.78, 5) is 35.2. The van der Waals surface area contributed by atoms with Crippen LogP contribution >= 0.6 is 11.3 Å². The maximum Gasteiger partial charge on any atom is 0.327 e. The fourth-order valence-corrected chi connectivity index (χ4v) is 6.93. The highest BCUT2D eigenvalue weighted by Gasteiger charge is 2.44. The van der Waals surface area contributed by atoms with E-state index >= 15 is 0 Å². The number of hydrogen-bond acceptors (Lipinski definition) is 7. The minimum Gasteiger partial charge on any atom is -0.307 e. The SMILES string of the molecule is O=C1[C@H](CCc2ccccc2)N(Cc2ccc(-c3ccccc3-c3nn[nH]n3)s2)C(=O)N1CCCN1CCCCC1. The lowest BCUT2D eigenvalue weighted by atomic mass is 10.0. The molecule has 1 atom stereocenters. The van der Waals surface area contributed by atoms with E-state index in [1.165, 1.54) is 29.7 Å². The number of likely N-dealkylation sites (tertiary alicyclic amines) is 1. The summed E-state index contributed by atoms with van der Waals surface area (Å²) in [5.41, 5.74) is 3.07. The predicted octanol–water partition coefficient (Wildman–Crippen LogP) is 5.24. The lowest BCUT2D eigenvalue weighted by Crippen LogP contribution is -2.36. The first-order chi connectivity index (χ1) is 20.2. The summed E-state index contributed by atoms with van der Waals surface area (Å²) in [7, 11) is 0. The molecule has 41 heavy (non-hydrogen) atoms. The maximum absolute atomic E-state index is 13.7. The van der Waals surface area contributed by atoms with E-state index in [0.29, 0.717) is 25.3 Å². The van der Waals surface area contributed by atoms with Crippen molar-refractivity contribution in [3.05, 3.63) is 77.2 Å². The van der Waals surface area contributed by atoms with Crippen molar-refractivity contribution in [1.29, 1.82) is 0 Å². The second-order valence-electron chi connectivity index (χ2n) is 10.7. The number of thiophene rings is 1. The zero-order valence-corrected chi connectivity index (χ0v) is 23.9. The van der Waals surface area contributed by atoms with Gasteiger partial charge in [0.1, 0.15) is 6.04 Å². The van der Waals surface area contributed by atoms with Crippen LogP contribution in [0.1, 0.15) is 42.5 Å². The molecule has 3 amide bonds. The fraction of sp³-hybridized carbons (Fsp3) is 0.387. The van der Waals surface area contributed by atoms with Crippen LogP contribution in [0.25, 0.3) is 21.8 Å². The molecule has 0 bridgehead atoms. The van der Waals surface area contributed by atoms with Crippen molar-refractivity contribution < 1.29 is 9.59 Å². The summed E-state index contributed by atoms with van der Waals surface area (Å²) in [5.74, 6) is 0.473. The van der Waals surface area contributed by atoms with Gasteiger partial charge in [-0.25, -0.2) is 4.79 Å². The molecule has 2 aromatic heterocycles. The van der Waals surface area contributed by atoms with Gasteiger partial charge in [-0.2, -0.15) is 5.21 Å². The normalized spacial score (nSPS) is 18.0. The number of hydrogen-bond donors (Lipinski definition) is 1. The second kappa shape index (κ2) is 12.7. The molecule has 9 nitrogen and oxygen atoms in total. The predicted molar refractivity (Wildman–Crippen MR) is 159 cm³/mol. The lowest BCUT2D eigenvalue weighted by Gasteiger charge is -2.26. The van der Waals surface area contributed by atoms with Crippen molar-refractivity contribution in [3.63, 3.8) is 0 Å². The quantitative estimate of drug-likeness (QED) is 0.248. The van der Waals surface area contributed by atoms with E-state index in [-0.39, 0.29) is 11.9 Å². The van der Waals surface area contributed by atoms with E-state index in [9.17, 15) is 9.59 Å². The number of imide groups is 1. The first kappa shape index (κ1) is 27.3. The van der Waals surface area contributed by atoms with E-state index in [0.717, 1.165) is 53.4 Å². The van der Waals surface area contributed by atoms with Gasteiger partial charge in [0.2, 0.25) is 5.82 Å². The second-order valence-corrected chi connectivity index (χ2v) is 11.9. The number of urea groups is 1. The molecule has 2 aliphatic rings. The van der Waals surface area contributed by atoms with E-state index < -0.39 is 6.04 Å². The molecule has 2 fully saturated rings. The third-order valence-corrected chi connectivity index (χ3v) is 9.13. The molecule has 0 spiro atoms. The van der Waals surface area contributed by atoms with Crippen LogP contribution in [0.3, 0.4) is 0 Å². The Labute approximate surface area is 244 Å². The van der Waals surface area contributed by atoms with Crippen molar-refractivity contribution in [2.24, 2.45) is 0 Å². The van der Waals surface area contributed by atoms with Crippen LogP contribution in [0.5, 0.6) is 0 Å². The molecule has 0 aliphatic carbocycles. The van der Waals surface area contributed by atoms with Crippen LogP contribution in [0.2, 0.25) is 0 Å². The van der Waals surface area contributed by atoms with Crippen molar-refractivity contribution >= 4 is 23.3 Å². The van der Waals surface area contributed by atoms with Gasteiger partial charge in [-0.15, -0.1) is 21.5 Å². The van der Waals surface area contributed by atoms with Gasteiger partial charge < -0.3 is 9.80 Å². The molecule has 0 saturated carbocycles. The third-order valence-electron chi connectivity index (χ3n) is 8.02. The Hall–Kier alpha value is -3.89. The van der Waals surface area contributed by atoms with E-state index in [1.54, 1.807) is 16.2 Å². The van der Waals surface area contributed by atoms with Crippen LogP contribution in [0, 0.1) is 0 Å². The molecule has 10 heteroatoms. The average molecular weight is 570 g/mol. The Balaban J connectivity index is 1.19. The summed E-state index contributed by atoms with van der Waals surface area (Å²) in [6.07, 6.45) is 5.93.